The quantitative estimate of drug-likeness (QED) is 0.749. The normalized spacial score (nSPS) is 20.6. The summed E-state index contributed by atoms with van der Waals surface area (Å²) in [7, 11) is 0. The van der Waals surface area contributed by atoms with E-state index in [9.17, 15) is 0 Å². The van der Waals surface area contributed by atoms with Crippen LogP contribution in [0.3, 0.4) is 0 Å². The average Bonchev–Trinajstić information content (AvgIpc) is 2.63. The molecule has 0 saturated carbocycles. The van der Waals surface area contributed by atoms with Crippen LogP contribution in [0.25, 0.3) is 0 Å². The summed E-state index contributed by atoms with van der Waals surface area (Å²) < 4.78 is 5.50. The highest BCUT2D eigenvalue weighted by Gasteiger charge is 2.12. The lowest BCUT2D eigenvalue weighted by Crippen LogP contribution is -2.21. The zero-order chi connectivity index (χ0) is 9.80. The number of aliphatic hydroxyl groups excluding tert-OH is 1. The van der Waals surface area contributed by atoms with Gasteiger partial charge < -0.3 is 9.84 Å². The Morgan fingerprint density at radius 2 is 2.14 bits per heavy atom. The number of hydrogen-bond acceptors (Lipinski definition) is 3. The summed E-state index contributed by atoms with van der Waals surface area (Å²) in [6.07, 6.45) is 1.13. The zero-order valence-corrected chi connectivity index (χ0v) is 7.81. The SMILES string of the molecule is OC1C=C(OCc2ccccc2)CN1. The van der Waals surface area contributed by atoms with Gasteiger partial charge in [0.15, 0.2) is 0 Å². The molecule has 1 aromatic carbocycles. The van der Waals surface area contributed by atoms with Gasteiger partial charge in [-0.2, -0.15) is 0 Å². The van der Waals surface area contributed by atoms with E-state index in [0.717, 1.165) is 11.3 Å². The second-order valence-electron chi connectivity index (χ2n) is 3.23. The lowest BCUT2D eigenvalue weighted by Gasteiger charge is -2.05. The zero-order valence-electron chi connectivity index (χ0n) is 7.81. The van der Waals surface area contributed by atoms with Crippen LogP contribution in [0.15, 0.2) is 42.2 Å². The van der Waals surface area contributed by atoms with Crippen LogP contribution in [0.4, 0.5) is 0 Å². The van der Waals surface area contributed by atoms with Gasteiger partial charge in [0.25, 0.3) is 0 Å². The summed E-state index contributed by atoms with van der Waals surface area (Å²) in [6.45, 7) is 1.16. The van der Waals surface area contributed by atoms with E-state index in [0.29, 0.717) is 13.2 Å². The molecule has 1 aliphatic heterocycles. The van der Waals surface area contributed by atoms with E-state index in [-0.39, 0.29) is 0 Å². The molecule has 0 aliphatic carbocycles. The average molecular weight is 191 g/mol. The van der Waals surface area contributed by atoms with E-state index in [1.807, 2.05) is 30.3 Å². The minimum Gasteiger partial charge on any atom is -0.492 e. The fraction of sp³-hybridized carbons (Fsp3) is 0.273. The second kappa shape index (κ2) is 4.26. The molecule has 0 aromatic heterocycles. The smallest absolute Gasteiger partial charge is 0.128 e. The van der Waals surface area contributed by atoms with Gasteiger partial charge in [0.2, 0.25) is 0 Å². The lowest BCUT2D eigenvalue weighted by atomic mass is 10.2. The molecule has 0 spiro atoms. The van der Waals surface area contributed by atoms with Crippen molar-refractivity contribution < 1.29 is 9.84 Å². The van der Waals surface area contributed by atoms with Crippen LogP contribution < -0.4 is 5.32 Å². The Hall–Kier alpha value is -1.32. The Morgan fingerprint density at radius 1 is 1.36 bits per heavy atom. The first-order valence-electron chi connectivity index (χ1n) is 4.63. The Balaban J connectivity index is 1.86. The van der Waals surface area contributed by atoms with E-state index in [1.165, 1.54) is 0 Å². The second-order valence-corrected chi connectivity index (χ2v) is 3.23. The molecule has 0 amide bonds. The first-order chi connectivity index (χ1) is 6.84. The van der Waals surface area contributed by atoms with E-state index in [1.54, 1.807) is 6.08 Å². The van der Waals surface area contributed by atoms with E-state index in [2.05, 4.69) is 5.32 Å². The molecule has 1 aliphatic rings. The molecule has 74 valence electrons. The molecule has 2 rings (SSSR count). The van der Waals surface area contributed by atoms with Gasteiger partial charge in [-0.25, -0.2) is 0 Å². The van der Waals surface area contributed by atoms with Gasteiger partial charge in [0.1, 0.15) is 18.6 Å². The molecule has 2 N–H and O–H groups in total. The summed E-state index contributed by atoms with van der Waals surface area (Å²) in [5.74, 6) is 0.807. The van der Waals surface area contributed by atoms with Crippen molar-refractivity contribution >= 4 is 0 Å². The number of nitrogens with one attached hydrogen (secondary N) is 1. The minimum absolute atomic E-state index is 0.555. The summed E-state index contributed by atoms with van der Waals surface area (Å²) in [5.41, 5.74) is 1.13. The largest absolute Gasteiger partial charge is 0.492 e. The van der Waals surface area contributed by atoms with Crippen molar-refractivity contribution in [1.29, 1.82) is 0 Å². The third-order valence-electron chi connectivity index (χ3n) is 2.10. The van der Waals surface area contributed by atoms with Crippen molar-refractivity contribution in [3.05, 3.63) is 47.7 Å². The summed E-state index contributed by atoms with van der Waals surface area (Å²) >= 11 is 0. The maximum absolute atomic E-state index is 9.13. The maximum Gasteiger partial charge on any atom is 0.128 e. The monoisotopic (exact) mass is 191 g/mol. The van der Waals surface area contributed by atoms with Gasteiger partial charge in [-0.15, -0.1) is 0 Å². The third-order valence-corrected chi connectivity index (χ3v) is 2.10. The maximum atomic E-state index is 9.13. The number of benzene rings is 1. The molecule has 0 radical (unpaired) electrons. The lowest BCUT2D eigenvalue weighted by molar-refractivity contribution is 0.193. The summed E-state index contributed by atoms with van der Waals surface area (Å²) in [6, 6.07) is 9.96. The molecule has 0 fully saturated rings. The fourth-order valence-corrected chi connectivity index (χ4v) is 1.35. The third kappa shape index (κ3) is 2.34. The number of ether oxygens (including phenoxy) is 1. The summed E-state index contributed by atoms with van der Waals surface area (Å²) in [4.78, 5) is 0. The van der Waals surface area contributed by atoms with Crippen LogP contribution in [0.2, 0.25) is 0 Å². The van der Waals surface area contributed by atoms with E-state index < -0.39 is 6.23 Å². The molecule has 0 saturated heterocycles. The highest BCUT2D eigenvalue weighted by molar-refractivity contribution is 5.14. The first-order valence-corrected chi connectivity index (χ1v) is 4.63. The molecular weight excluding hydrogens is 178 g/mol. The van der Waals surface area contributed by atoms with Crippen molar-refractivity contribution in [2.24, 2.45) is 0 Å². The standard InChI is InChI=1S/C11H13NO2/c13-11-6-10(7-12-11)14-8-9-4-2-1-3-5-9/h1-6,11-13H,7-8H2. The van der Waals surface area contributed by atoms with Gasteiger partial charge in [0.05, 0.1) is 6.54 Å². The van der Waals surface area contributed by atoms with Gasteiger partial charge in [-0.3, -0.25) is 5.32 Å². The predicted octanol–water partition coefficient (Wildman–Crippen LogP) is 1.01. The van der Waals surface area contributed by atoms with E-state index >= 15 is 0 Å². The molecule has 1 heterocycles. The molecule has 1 unspecified atom stereocenters. The first kappa shape index (κ1) is 9.24. The van der Waals surface area contributed by atoms with Crippen LogP contribution in [-0.2, 0) is 11.3 Å². The van der Waals surface area contributed by atoms with Gasteiger partial charge in [-0.1, -0.05) is 30.3 Å². The van der Waals surface area contributed by atoms with Crippen LogP contribution >= 0.6 is 0 Å². The Kier molecular flexibility index (Phi) is 2.81. The van der Waals surface area contributed by atoms with Gasteiger partial charge >= 0.3 is 0 Å². The predicted molar refractivity (Wildman–Crippen MR) is 53.3 cm³/mol. The van der Waals surface area contributed by atoms with E-state index in [4.69, 9.17) is 9.84 Å². The van der Waals surface area contributed by atoms with Crippen molar-refractivity contribution in [2.75, 3.05) is 6.54 Å². The van der Waals surface area contributed by atoms with Crippen molar-refractivity contribution in [2.45, 2.75) is 12.8 Å². The summed E-state index contributed by atoms with van der Waals surface area (Å²) in [5, 5.41) is 12.0. The molecule has 14 heavy (non-hydrogen) atoms. The van der Waals surface area contributed by atoms with Crippen LogP contribution in [-0.4, -0.2) is 17.9 Å². The van der Waals surface area contributed by atoms with Crippen LogP contribution in [0.1, 0.15) is 5.56 Å². The number of rotatable bonds is 3. The van der Waals surface area contributed by atoms with Gasteiger partial charge in [0, 0.05) is 0 Å². The van der Waals surface area contributed by atoms with Gasteiger partial charge in [-0.05, 0) is 11.6 Å². The molecule has 0 bridgehead atoms. The van der Waals surface area contributed by atoms with Crippen LogP contribution in [0.5, 0.6) is 0 Å². The Bertz CT molecular complexity index is 321. The number of hydrogen-bond donors (Lipinski definition) is 2. The Labute approximate surface area is 83.0 Å². The van der Waals surface area contributed by atoms with Crippen LogP contribution in [0, 0.1) is 0 Å². The molecule has 1 atom stereocenters. The minimum atomic E-state index is -0.555. The molecule has 3 heteroatoms. The number of aliphatic hydroxyl groups is 1. The highest BCUT2D eigenvalue weighted by atomic mass is 16.5. The molecule has 1 aromatic rings. The fourth-order valence-electron chi connectivity index (χ4n) is 1.35. The topological polar surface area (TPSA) is 41.5 Å². The van der Waals surface area contributed by atoms with Crippen molar-refractivity contribution in [3.8, 4) is 0 Å². The molecular formula is C11H13NO2. The van der Waals surface area contributed by atoms with Crippen molar-refractivity contribution in [1.82, 2.24) is 5.32 Å². The molecule has 3 nitrogen and oxygen atoms in total. The van der Waals surface area contributed by atoms with Crippen molar-refractivity contribution in [3.63, 3.8) is 0 Å². The highest BCUT2D eigenvalue weighted by Crippen LogP contribution is 2.09. The Morgan fingerprint density at radius 3 is 2.79 bits per heavy atom.